The minimum atomic E-state index is -0.302. The molecule has 1 heterocycles. The first-order valence-electron chi connectivity index (χ1n) is 11.5. The number of benzene rings is 2. The molecule has 0 saturated heterocycles. The molecule has 1 aliphatic rings. The maximum absolute atomic E-state index is 10.6. The van der Waals surface area contributed by atoms with E-state index in [1.165, 1.54) is 13.5 Å². The van der Waals surface area contributed by atoms with E-state index in [2.05, 4.69) is 24.9 Å². The fraction of sp³-hybridized carbons (Fsp3) is 0.500. The lowest BCUT2D eigenvalue weighted by Crippen LogP contribution is -2.38. The summed E-state index contributed by atoms with van der Waals surface area (Å²) < 4.78 is 23.0. The second-order valence-electron chi connectivity index (χ2n) is 7.95. The standard InChI is InChI=1S/C22H27NO5.C3H8.CH5N/c1-22(2)16-27-21-14-19(8-9-20(21)28-22)25-12-3-10-23-11-13-26-18-6-4-17(15-24)5-7-18;1-3-2;1-2/h4-9,14-15,23H,3,10-13,16H2,1-2H3;3H2,1-2H3;2H2,1H3. The van der Waals surface area contributed by atoms with Crippen molar-refractivity contribution in [2.45, 2.75) is 46.1 Å². The quantitative estimate of drug-likeness (QED) is 0.399. The SMILES string of the molecule is CC1(C)COc2cc(OCCCNCCOc3ccc(C=O)cc3)ccc2O1.CCC.CN. The summed E-state index contributed by atoms with van der Waals surface area (Å²) >= 11 is 0. The summed E-state index contributed by atoms with van der Waals surface area (Å²) in [5.74, 6) is 3.03. The molecule has 3 N–H and O–H groups in total. The molecule has 184 valence electrons. The van der Waals surface area contributed by atoms with Crippen LogP contribution in [0, 0.1) is 0 Å². The van der Waals surface area contributed by atoms with E-state index < -0.39 is 0 Å². The highest BCUT2D eigenvalue weighted by atomic mass is 16.6. The maximum Gasteiger partial charge on any atom is 0.165 e. The fourth-order valence-corrected chi connectivity index (χ4v) is 2.75. The number of hydrogen-bond acceptors (Lipinski definition) is 7. The Bertz CT molecular complexity index is 794. The summed E-state index contributed by atoms with van der Waals surface area (Å²) in [7, 11) is 1.50. The van der Waals surface area contributed by atoms with Gasteiger partial charge in [-0.1, -0.05) is 20.3 Å². The van der Waals surface area contributed by atoms with Crippen molar-refractivity contribution < 1.29 is 23.7 Å². The average Bonchev–Trinajstić information content (AvgIpc) is 2.82. The molecule has 2 aromatic carbocycles. The van der Waals surface area contributed by atoms with Gasteiger partial charge in [-0.3, -0.25) is 4.79 Å². The molecular formula is C26H40N2O5. The molecule has 0 atom stereocenters. The Hall–Kier alpha value is -2.77. The van der Waals surface area contributed by atoms with Gasteiger partial charge in [-0.2, -0.15) is 0 Å². The van der Waals surface area contributed by atoms with Crippen molar-refractivity contribution in [3.8, 4) is 23.0 Å². The van der Waals surface area contributed by atoms with Gasteiger partial charge in [0.05, 0.1) is 6.61 Å². The zero-order chi connectivity index (χ0) is 24.5. The van der Waals surface area contributed by atoms with Gasteiger partial charge >= 0.3 is 0 Å². The highest BCUT2D eigenvalue weighted by Crippen LogP contribution is 2.37. The monoisotopic (exact) mass is 460 g/mol. The van der Waals surface area contributed by atoms with Crippen molar-refractivity contribution in [1.82, 2.24) is 5.32 Å². The number of carbonyl (C=O) groups excluding carboxylic acids is 1. The van der Waals surface area contributed by atoms with Gasteiger partial charge in [0, 0.05) is 18.2 Å². The van der Waals surface area contributed by atoms with E-state index in [1.807, 2.05) is 32.0 Å². The number of ether oxygens (including phenoxy) is 4. The minimum absolute atomic E-state index is 0.302. The van der Waals surface area contributed by atoms with E-state index in [9.17, 15) is 4.79 Å². The lowest BCUT2D eigenvalue weighted by Gasteiger charge is -2.32. The first-order chi connectivity index (χ1) is 16.0. The number of nitrogens with one attached hydrogen (secondary N) is 1. The van der Waals surface area contributed by atoms with E-state index in [-0.39, 0.29) is 5.60 Å². The molecule has 3 rings (SSSR count). The maximum atomic E-state index is 10.6. The molecule has 2 aromatic rings. The highest BCUT2D eigenvalue weighted by molar-refractivity contribution is 5.74. The third-order valence-electron chi connectivity index (χ3n) is 4.21. The molecule has 0 radical (unpaired) electrons. The Kier molecular flexibility index (Phi) is 13.7. The number of carbonyl (C=O) groups is 1. The van der Waals surface area contributed by atoms with Crippen LogP contribution in [-0.2, 0) is 0 Å². The highest BCUT2D eigenvalue weighted by Gasteiger charge is 2.28. The molecule has 0 amide bonds. The van der Waals surface area contributed by atoms with Crippen molar-refractivity contribution in [2.75, 3.05) is 40.0 Å². The first-order valence-corrected chi connectivity index (χ1v) is 11.5. The second-order valence-corrected chi connectivity index (χ2v) is 7.95. The molecule has 33 heavy (non-hydrogen) atoms. The van der Waals surface area contributed by atoms with E-state index >= 15 is 0 Å². The van der Waals surface area contributed by atoms with Gasteiger partial charge in [0.2, 0.25) is 0 Å². The number of hydrogen-bond donors (Lipinski definition) is 2. The summed E-state index contributed by atoms with van der Waals surface area (Å²) in [5.41, 5.74) is 4.84. The van der Waals surface area contributed by atoms with Gasteiger partial charge in [-0.15, -0.1) is 0 Å². The van der Waals surface area contributed by atoms with Crippen molar-refractivity contribution in [3.05, 3.63) is 48.0 Å². The van der Waals surface area contributed by atoms with Gasteiger partial charge in [-0.25, -0.2) is 0 Å². The van der Waals surface area contributed by atoms with Crippen LogP contribution in [0.3, 0.4) is 0 Å². The van der Waals surface area contributed by atoms with Gasteiger partial charge in [0.15, 0.2) is 11.5 Å². The number of nitrogens with two attached hydrogens (primary N) is 1. The molecule has 0 aliphatic carbocycles. The summed E-state index contributed by atoms with van der Waals surface area (Å²) in [6, 6.07) is 12.8. The molecule has 0 unspecified atom stereocenters. The molecule has 0 saturated carbocycles. The zero-order valence-electron chi connectivity index (χ0n) is 20.7. The van der Waals surface area contributed by atoms with Gasteiger partial charge < -0.3 is 30.0 Å². The summed E-state index contributed by atoms with van der Waals surface area (Å²) in [4.78, 5) is 10.6. The van der Waals surface area contributed by atoms with Crippen LogP contribution in [0.15, 0.2) is 42.5 Å². The summed E-state index contributed by atoms with van der Waals surface area (Å²) in [6.07, 6.45) is 2.95. The predicted octanol–water partition coefficient (Wildman–Crippen LogP) is 4.48. The van der Waals surface area contributed by atoms with Crippen molar-refractivity contribution in [2.24, 2.45) is 5.73 Å². The molecule has 7 nitrogen and oxygen atoms in total. The smallest absolute Gasteiger partial charge is 0.165 e. The largest absolute Gasteiger partial charge is 0.493 e. The summed E-state index contributed by atoms with van der Waals surface area (Å²) in [5, 5.41) is 3.32. The fourth-order valence-electron chi connectivity index (χ4n) is 2.75. The van der Waals surface area contributed by atoms with Crippen molar-refractivity contribution in [3.63, 3.8) is 0 Å². The van der Waals surface area contributed by atoms with Crippen LogP contribution in [0.25, 0.3) is 0 Å². The van der Waals surface area contributed by atoms with Gasteiger partial charge in [-0.05, 0) is 70.3 Å². The first kappa shape index (κ1) is 28.3. The third-order valence-corrected chi connectivity index (χ3v) is 4.21. The molecular weight excluding hydrogens is 420 g/mol. The van der Waals surface area contributed by atoms with Crippen LogP contribution < -0.4 is 30.0 Å². The molecule has 1 aliphatic heterocycles. The Morgan fingerprint density at radius 3 is 2.27 bits per heavy atom. The van der Waals surface area contributed by atoms with Crippen LogP contribution >= 0.6 is 0 Å². The number of aldehydes is 1. The normalized spacial score (nSPS) is 12.9. The Balaban J connectivity index is 0.00000101. The number of rotatable bonds is 10. The van der Waals surface area contributed by atoms with Crippen LogP contribution in [0.5, 0.6) is 23.0 Å². The molecule has 0 fully saturated rings. The minimum Gasteiger partial charge on any atom is -0.493 e. The topological polar surface area (TPSA) is 92.0 Å². The van der Waals surface area contributed by atoms with Crippen LogP contribution in [-0.4, -0.2) is 51.8 Å². The van der Waals surface area contributed by atoms with Crippen LogP contribution in [0.4, 0.5) is 0 Å². The Labute approximate surface area is 198 Å². The average molecular weight is 461 g/mol. The third kappa shape index (κ3) is 11.1. The van der Waals surface area contributed by atoms with Crippen LogP contribution in [0.1, 0.15) is 50.9 Å². The van der Waals surface area contributed by atoms with E-state index in [1.54, 1.807) is 24.3 Å². The van der Waals surface area contributed by atoms with Gasteiger partial charge in [0.1, 0.15) is 36.6 Å². The Morgan fingerprint density at radius 1 is 0.970 bits per heavy atom. The Morgan fingerprint density at radius 2 is 1.61 bits per heavy atom. The van der Waals surface area contributed by atoms with Gasteiger partial charge in [0.25, 0.3) is 0 Å². The summed E-state index contributed by atoms with van der Waals surface area (Å²) in [6.45, 7) is 11.5. The molecule has 0 aromatic heterocycles. The van der Waals surface area contributed by atoms with E-state index in [0.717, 1.165) is 48.8 Å². The second kappa shape index (κ2) is 15.9. The molecule has 7 heteroatoms. The van der Waals surface area contributed by atoms with Crippen molar-refractivity contribution >= 4 is 6.29 Å². The lowest BCUT2D eigenvalue weighted by atomic mass is 10.1. The zero-order valence-corrected chi connectivity index (χ0v) is 20.7. The lowest BCUT2D eigenvalue weighted by molar-refractivity contribution is 0.0210. The van der Waals surface area contributed by atoms with Crippen LogP contribution in [0.2, 0.25) is 0 Å². The van der Waals surface area contributed by atoms with E-state index in [0.29, 0.717) is 25.4 Å². The van der Waals surface area contributed by atoms with Crippen molar-refractivity contribution in [1.29, 1.82) is 0 Å². The predicted molar refractivity (Wildman–Crippen MR) is 133 cm³/mol. The van der Waals surface area contributed by atoms with E-state index in [4.69, 9.17) is 18.9 Å². The number of fused-ring (bicyclic) bond motifs is 1. The molecule has 0 bridgehead atoms. The molecule has 0 spiro atoms.